The Morgan fingerprint density at radius 2 is 2.30 bits per heavy atom. The quantitative estimate of drug-likeness (QED) is 0.416. The van der Waals surface area contributed by atoms with E-state index in [1.807, 2.05) is 24.5 Å². The van der Waals surface area contributed by atoms with Crippen LogP contribution in [0.2, 0.25) is 0 Å². The van der Waals surface area contributed by atoms with E-state index < -0.39 is 0 Å². The fraction of sp³-hybridized carbons (Fsp3) is 0.533. The smallest absolute Gasteiger partial charge is 0.107 e. The third-order valence-corrected chi connectivity index (χ3v) is 4.31. The molecule has 0 spiro atoms. The molecule has 110 valence electrons. The molecule has 0 aliphatic heterocycles. The lowest BCUT2D eigenvalue weighted by Crippen LogP contribution is -2.15. The zero-order valence-corrected chi connectivity index (χ0v) is 13.5. The third-order valence-electron chi connectivity index (χ3n) is 3.32. The molecule has 20 heavy (non-hydrogen) atoms. The average Bonchev–Trinajstić information content (AvgIpc) is 3.26. The minimum atomic E-state index is 0.447. The number of benzene rings is 1. The lowest BCUT2D eigenvalue weighted by Gasteiger charge is -2.14. The lowest BCUT2D eigenvalue weighted by molar-refractivity contribution is 0.124. The number of thioether (sulfide) groups is 1. The first-order valence-electron chi connectivity index (χ1n) is 7.00. The number of thiocarbonyl (C=S) groups is 1. The number of rotatable bonds is 9. The van der Waals surface area contributed by atoms with Crippen LogP contribution in [-0.2, 0) is 4.74 Å². The van der Waals surface area contributed by atoms with Gasteiger partial charge in [0.15, 0.2) is 0 Å². The molecule has 5 heteroatoms. The van der Waals surface area contributed by atoms with Gasteiger partial charge in [-0.1, -0.05) is 18.3 Å². The van der Waals surface area contributed by atoms with Gasteiger partial charge < -0.3 is 15.8 Å². The predicted molar refractivity (Wildman–Crippen MR) is 90.8 cm³/mol. The summed E-state index contributed by atoms with van der Waals surface area (Å²) in [5.74, 6) is 0.836. The van der Waals surface area contributed by atoms with Crippen molar-refractivity contribution in [3.8, 4) is 0 Å². The Labute approximate surface area is 130 Å². The van der Waals surface area contributed by atoms with Gasteiger partial charge in [-0.25, -0.2) is 0 Å². The number of hydrogen-bond donors (Lipinski definition) is 2. The fourth-order valence-corrected chi connectivity index (χ4v) is 2.96. The first-order valence-corrected chi connectivity index (χ1v) is 8.64. The number of anilines is 1. The molecule has 2 rings (SSSR count). The average molecular weight is 310 g/mol. The highest BCUT2D eigenvalue weighted by Gasteiger charge is 2.20. The molecule has 1 saturated carbocycles. The van der Waals surface area contributed by atoms with Gasteiger partial charge in [-0.2, -0.15) is 0 Å². The van der Waals surface area contributed by atoms with E-state index >= 15 is 0 Å². The van der Waals surface area contributed by atoms with E-state index in [1.165, 1.54) is 12.8 Å². The molecule has 0 saturated heterocycles. The summed E-state index contributed by atoms with van der Waals surface area (Å²) in [5.41, 5.74) is 7.81. The molecule has 1 aliphatic carbocycles. The standard InChI is InChI=1S/C15H22N2OS2/c1-20-13-5-2-4-12(14(13)15(16)19)17-8-3-9-18-10-11-6-7-11/h2,4-5,11,17H,3,6-10H2,1H3,(H2,16,19). The van der Waals surface area contributed by atoms with Crippen LogP contribution in [0.4, 0.5) is 5.69 Å². The molecule has 3 N–H and O–H groups in total. The predicted octanol–water partition coefficient (Wildman–Crippen LogP) is 3.27. The molecule has 3 nitrogen and oxygen atoms in total. The highest BCUT2D eigenvalue weighted by molar-refractivity contribution is 7.98. The molecule has 0 unspecified atom stereocenters. The van der Waals surface area contributed by atoms with E-state index in [-0.39, 0.29) is 0 Å². The van der Waals surface area contributed by atoms with E-state index in [0.29, 0.717) is 4.99 Å². The Bertz CT molecular complexity index is 461. The maximum Gasteiger partial charge on any atom is 0.107 e. The summed E-state index contributed by atoms with van der Waals surface area (Å²) in [6.45, 7) is 2.62. The molecular weight excluding hydrogens is 288 g/mol. The number of nitrogens with two attached hydrogens (primary N) is 1. The molecule has 0 radical (unpaired) electrons. The van der Waals surface area contributed by atoms with Gasteiger partial charge in [-0.05, 0) is 43.6 Å². The first-order chi connectivity index (χ1) is 9.72. The zero-order chi connectivity index (χ0) is 14.4. The van der Waals surface area contributed by atoms with Gasteiger partial charge in [0.1, 0.15) is 4.99 Å². The topological polar surface area (TPSA) is 47.3 Å². The van der Waals surface area contributed by atoms with Crippen LogP contribution in [-0.4, -0.2) is 31.0 Å². The summed E-state index contributed by atoms with van der Waals surface area (Å²) < 4.78 is 5.62. The monoisotopic (exact) mass is 310 g/mol. The molecule has 0 atom stereocenters. The van der Waals surface area contributed by atoms with Crippen molar-refractivity contribution in [2.24, 2.45) is 11.7 Å². The van der Waals surface area contributed by atoms with Crippen LogP contribution in [0.3, 0.4) is 0 Å². The first kappa shape index (κ1) is 15.6. The van der Waals surface area contributed by atoms with Gasteiger partial charge in [0.2, 0.25) is 0 Å². The van der Waals surface area contributed by atoms with Crippen LogP contribution in [0.25, 0.3) is 0 Å². The van der Waals surface area contributed by atoms with Crippen LogP contribution in [0.5, 0.6) is 0 Å². The Hall–Kier alpha value is -0.780. The Morgan fingerprint density at radius 3 is 2.95 bits per heavy atom. The van der Waals surface area contributed by atoms with E-state index in [4.69, 9.17) is 22.7 Å². The van der Waals surface area contributed by atoms with E-state index in [0.717, 1.165) is 48.2 Å². The van der Waals surface area contributed by atoms with E-state index in [2.05, 4.69) is 5.32 Å². The number of hydrogen-bond acceptors (Lipinski definition) is 4. The maximum atomic E-state index is 5.84. The van der Waals surface area contributed by atoms with Gasteiger partial charge in [0.05, 0.1) is 0 Å². The number of ether oxygens (including phenoxy) is 1. The van der Waals surface area contributed by atoms with Crippen molar-refractivity contribution in [3.05, 3.63) is 23.8 Å². The van der Waals surface area contributed by atoms with Gasteiger partial charge in [-0.15, -0.1) is 11.8 Å². The molecule has 0 bridgehead atoms. The van der Waals surface area contributed by atoms with Gasteiger partial charge >= 0.3 is 0 Å². The van der Waals surface area contributed by atoms with Crippen LogP contribution in [0.1, 0.15) is 24.8 Å². The maximum absolute atomic E-state index is 5.84. The second-order valence-corrected chi connectivity index (χ2v) is 6.33. The molecular formula is C15H22N2OS2. The van der Waals surface area contributed by atoms with Crippen molar-refractivity contribution in [1.29, 1.82) is 0 Å². The minimum Gasteiger partial charge on any atom is -0.389 e. The molecule has 0 aromatic heterocycles. The normalized spacial score (nSPS) is 14.2. The largest absolute Gasteiger partial charge is 0.389 e. The van der Waals surface area contributed by atoms with Crippen LogP contribution >= 0.6 is 24.0 Å². The molecule has 1 aliphatic rings. The SMILES string of the molecule is CSc1cccc(NCCCOCC2CC2)c1C(N)=S. The number of nitrogens with one attached hydrogen (secondary N) is 1. The van der Waals surface area contributed by atoms with Crippen LogP contribution in [0, 0.1) is 5.92 Å². The third kappa shape index (κ3) is 4.65. The van der Waals surface area contributed by atoms with E-state index in [9.17, 15) is 0 Å². The molecule has 0 amide bonds. The zero-order valence-electron chi connectivity index (χ0n) is 11.9. The molecule has 1 aromatic carbocycles. The summed E-state index contributed by atoms with van der Waals surface area (Å²) in [6, 6.07) is 6.10. The minimum absolute atomic E-state index is 0.447. The van der Waals surface area contributed by atoms with Crippen molar-refractivity contribution in [2.75, 3.05) is 31.3 Å². The molecule has 1 aromatic rings. The van der Waals surface area contributed by atoms with Crippen molar-refractivity contribution >= 4 is 34.7 Å². The molecule has 0 heterocycles. The van der Waals surface area contributed by atoms with Gasteiger partial charge in [-0.3, -0.25) is 0 Å². The highest BCUT2D eigenvalue weighted by atomic mass is 32.2. The summed E-state index contributed by atoms with van der Waals surface area (Å²) in [4.78, 5) is 1.56. The Balaban J connectivity index is 1.80. The van der Waals surface area contributed by atoms with Crippen molar-refractivity contribution < 1.29 is 4.74 Å². The second-order valence-electron chi connectivity index (χ2n) is 5.05. The van der Waals surface area contributed by atoms with Crippen LogP contribution in [0.15, 0.2) is 23.1 Å². The second kappa shape index (κ2) is 7.86. The van der Waals surface area contributed by atoms with Gasteiger partial charge in [0.25, 0.3) is 0 Å². The summed E-state index contributed by atoms with van der Waals surface area (Å²) in [6.07, 6.45) is 5.72. The van der Waals surface area contributed by atoms with E-state index in [1.54, 1.807) is 11.8 Å². The highest BCUT2D eigenvalue weighted by Crippen LogP contribution is 2.29. The van der Waals surface area contributed by atoms with Crippen LogP contribution < -0.4 is 11.1 Å². The summed E-state index contributed by atoms with van der Waals surface area (Å²) in [7, 11) is 0. The lowest BCUT2D eigenvalue weighted by atomic mass is 10.1. The van der Waals surface area contributed by atoms with Crippen molar-refractivity contribution in [3.63, 3.8) is 0 Å². The van der Waals surface area contributed by atoms with Crippen molar-refractivity contribution in [2.45, 2.75) is 24.2 Å². The summed E-state index contributed by atoms with van der Waals surface area (Å²) in [5, 5.41) is 3.41. The summed E-state index contributed by atoms with van der Waals surface area (Å²) >= 11 is 6.82. The molecule has 1 fully saturated rings. The Morgan fingerprint density at radius 1 is 1.50 bits per heavy atom. The van der Waals surface area contributed by atoms with Gasteiger partial charge in [0, 0.05) is 35.9 Å². The fourth-order valence-electron chi connectivity index (χ4n) is 2.03. The van der Waals surface area contributed by atoms with Crippen molar-refractivity contribution in [1.82, 2.24) is 0 Å². The Kier molecular flexibility index (Phi) is 6.13.